The Morgan fingerprint density at radius 3 is 2.79 bits per heavy atom. The maximum atomic E-state index is 5.72. The van der Waals surface area contributed by atoms with Crippen LogP contribution < -0.4 is 5.73 Å². The highest BCUT2D eigenvalue weighted by atomic mass is 32.2. The van der Waals surface area contributed by atoms with Crippen LogP contribution in [0.25, 0.3) is 0 Å². The van der Waals surface area contributed by atoms with Crippen LogP contribution in [0.15, 0.2) is 4.52 Å². The van der Waals surface area contributed by atoms with Gasteiger partial charge in [-0.2, -0.15) is 16.7 Å². The summed E-state index contributed by atoms with van der Waals surface area (Å²) in [6.45, 7) is 1.58. The lowest BCUT2D eigenvalue weighted by atomic mass is 9.82. The molecule has 1 saturated carbocycles. The third-order valence-electron chi connectivity index (χ3n) is 4.09. The van der Waals surface area contributed by atoms with Gasteiger partial charge >= 0.3 is 0 Å². The number of nitrogens with zero attached hydrogens (tertiary/aromatic N) is 2. The zero-order chi connectivity index (χ0) is 13.1. The third-order valence-corrected chi connectivity index (χ3v) is 5.08. The molecule has 2 aliphatic rings. The summed E-state index contributed by atoms with van der Waals surface area (Å²) >= 11 is 1.89. The molecule has 1 aliphatic heterocycles. The van der Waals surface area contributed by atoms with E-state index in [0.717, 1.165) is 49.2 Å². The molecule has 0 spiro atoms. The van der Waals surface area contributed by atoms with Crippen LogP contribution >= 0.6 is 11.8 Å². The Morgan fingerprint density at radius 1 is 1.26 bits per heavy atom. The predicted octanol–water partition coefficient (Wildman–Crippen LogP) is 2.11. The van der Waals surface area contributed by atoms with Gasteiger partial charge in [-0.1, -0.05) is 5.16 Å². The third kappa shape index (κ3) is 3.12. The first-order valence-electron chi connectivity index (χ1n) is 7.09. The van der Waals surface area contributed by atoms with E-state index in [-0.39, 0.29) is 6.10 Å². The Bertz CT molecular complexity index is 398. The first-order chi connectivity index (χ1) is 9.36. The van der Waals surface area contributed by atoms with Gasteiger partial charge in [-0.15, -0.1) is 0 Å². The number of aromatic nitrogens is 2. The van der Waals surface area contributed by atoms with Crippen LogP contribution in [0.5, 0.6) is 0 Å². The highest BCUT2D eigenvalue weighted by molar-refractivity contribution is 7.99. The molecule has 2 fully saturated rings. The van der Waals surface area contributed by atoms with Crippen molar-refractivity contribution in [3.8, 4) is 0 Å². The first kappa shape index (κ1) is 13.4. The number of ether oxygens (including phenoxy) is 1. The minimum Gasteiger partial charge on any atom is -0.368 e. The molecule has 0 bridgehead atoms. The molecule has 0 radical (unpaired) electrons. The van der Waals surface area contributed by atoms with E-state index in [4.69, 9.17) is 15.0 Å². The number of thioether (sulfide) groups is 1. The summed E-state index contributed by atoms with van der Waals surface area (Å²) in [6.07, 6.45) is 4.59. The summed E-state index contributed by atoms with van der Waals surface area (Å²) in [5.41, 5.74) is 5.72. The Hall–Kier alpha value is -0.590. The van der Waals surface area contributed by atoms with E-state index in [1.54, 1.807) is 0 Å². The number of hydrogen-bond acceptors (Lipinski definition) is 6. The topological polar surface area (TPSA) is 74.2 Å². The molecule has 106 valence electrons. The molecule has 1 unspecified atom stereocenters. The highest BCUT2D eigenvalue weighted by Crippen LogP contribution is 2.35. The Labute approximate surface area is 117 Å². The molecule has 1 aliphatic carbocycles. The molecular weight excluding hydrogens is 262 g/mol. The van der Waals surface area contributed by atoms with Crippen LogP contribution in [0.3, 0.4) is 0 Å². The van der Waals surface area contributed by atoms with Crippen molar-refractivity contribution in [1.82, 2.24) is 10.1 Å². The largest absolute Gasteiger partial charge is 0.368 e. The molecule has 1 aromatic heterocycles. The SMILES string of the molecule is NCC1CCC(c2nc(C3CSCCO3)no2)CC1. The van der Waals surface area contributed by atoms with E-state index < -0.39 is 0 Å². The van der Waals surface area contributed by atoms with Crippen molar-refractivity contribution in [2.24, 2.45) is 11.7 Å². The smallest absolute Gasteiger partial charge is 0.229 e. The second kappa shape index (κ2) is 6.24. The van der Waals surface area contributed by atoms with Crippen LogP contribution in [0.4, 0.5) is 0 Å². The van der Waals surface area contributed by atoms with Crippen molar-refractivity contribution in [2.75, 3.05) is 24.7 Å². The maximum absolute atomic E-state index is 5.72. The predicted molar refractivity (Wildman–Crippen MR) is 74.1 cm³/mol. The Balaban J connectivity index is 1.61. The van der Waals surface area contributed by atoms with Gasteiger partial charge in [-0.25, -0.2) is 0 Å². The molecule has 1 saturated heterocycles. The number of rotatable bonds is 3. The van der Waals surface area contributed by atoms with E-state index >= 15 is 0 Å². The van der Waals surface area contributed by atoms with Gasteiger partial charge in [0.1, 0.15) is 6.10 Å². The minimum absolute atomic E-state index is 0.0108. The second-order valence-corrected chi connectivity index (χ2v) is 6.53. The first-order valence-corrected chi connectivity index (χ1v) is 8.25. The summed E-state index contributed by atoms with van der Waals surface area (Å²) in [5.74, 6) is 4.60. The fourth-order valence-corrected chi connectivity index (χ4v) is 3.67. The minimum atomic E-state index is 0.0108. The molecular formula is C13H21N3O2S. The lowest BCUT2D eigenvalue weighted by molar-refractivity contribution is 0.0677. The van der Waals surface area contributed by atoms with Crippen molar-refractivity contribution < 1.29 is 9.26 Å². The summed E-state index contributed by atoms with van der Waals surface area (Å²) in [4.78, 5) is 4.56. The Kier molecular flexibility index (Phi) is 4.40. The maximum Gasteiger partial charge on any atom is 0.229 e. The molecule has 6 heteroatoms. The van der Waals surface area contributed by atoms with Gasteiger partial charge in [0.15, 0.2) is 0 Å². The highest BCUT2D eigenvalue weighted by Gasteiger charge is 2.28. The van der Waals surface area contributed by atoms with Crippen molar-refractivity contribution in [3.63, 3.8) is 0 Å². The van der Waals surface area contributed by atoms with Crippen molar-refractivity contribution in [1.29, 1.82) is 0 Å². The van der Waals surface area contributed by atoms with E-state index in [1.807, 2.05) is 11.8 Å². The molecule has 1 atom stereocenters. The zero-order valence-electron chi connectivity index (χ0n) is 11.1. The lowest BCUT2D eigenvalue weighted by Gasteiger charge is -2.25. The molecule has 0 amide bonds. The monoisotopic (exact) mass is 283 g/mol. The van der Waals surface area contributed by atoms with Crippen LogP contribution in [-0.4, -0.2) is 34.8 Å². The van der Waals surface area contributed by atoms with Crippen LogP contribution in [-0.2, 0) is 4.74 Å². The molecule has 0 aromatic carbocycles. The van der Waals surface area contributed by atoms with Crippen molar-refractivity contribution in [2.45, 2.75) is 37.7 Å². The fraction of sp³-hybridized carbons (Fsp3) is 0.846. The lowest BCUT2D eigenvalue weighted by Crippen LogP contribution is -2.21. The fourth-order valence-electron chi connectivity index (χ4n) is 2.83. The van der Waals surface area contributed by atoms with Crippen molar-refractivity contribution in [3.05, 3.63) is 11.7 Å². The average molecular weight is 283 g/mol. The van der Waals surface area contributed by atoms with Crippen molar-refractivity contribution >= 4 is 11.8 Å². The average Bonchev–Trinajstić information content (AvgIpc) is 2.98. The van der Waals surface area contributed by atoms with Gasteiger partial charge in [0, 0.05) is 17.4 Å². The van der Waals surface area contributed by atoms with E-state index in [0.29, 0.717) is 11.8 Å². The Morgan fingerprint density at radius 2 is 2.11 bits per heavy atom. The molecule has 5 nitrogen and oxygen atoms in total. The molecule has 1 aromatic rings. The van der Waals surface area contributed by atoms with Crippen LogP contribution in [0.1, 0.15) is 49.4 Å². The summed E-state index contributed by atoms with van der Waals surface area (Å²) in [5, 5.41) is 4.11. The quantitative estimate of drug-likeness (QED) is 0.915. The normalized spacial score (nSPS) is 32.4. The van der Waals surface area contributed by atoms with Gasteiger partial charge in [-0.05, 0) is 38.1 Å². The number of nitrogens with two attached hydrogens (primary N) is 1. The standard InChI is InChI=1S/C13H21N3O2S/c14-7-9-1-3-10(4-2-9)13-15-12(16-18-13)11-8-19-6-5-17-11/h9-11H,1-8,14H2. The summed E-state index contributed by atoms with van der Waals surface area (Å²) in [6, 6.07) is 0. The van der Waals surface area contributed by atoms with Gasteiger partial charge in [0.2, 0.25) is 11.7 Å². The van der Waals surface area contributed by atoms with Crippen LogP contribution in [0, 0.1) is 5.92 Å². The van der Waals surface area contributed by atoms with E-state index in [1.165, 1.54) is 12.8 Å². The molecule has 2 heterocycles. The van der Waals surface area contributed by atoms with Gasteiger partial charge < -0.3 is 15.0 Å². The second-order valence-electron chi connectivity index (χ2n) is 5.38. The molecule has 2 N–H and O–H groups in total. The zero-order valence-corrected chi connectivity index (χ0v) is 11.9. The summed E-state index contributed by atoms with van der Waals surface area (Å²) < 4.78 is 11.1. The van der Waals surface area contributed by atoms with Gasteiger partial charge in [0.05, 0.1) is 6.61 Å². The summed E-state index contributed by atoms with van der Waals surface area (Å²) in [7, 11) is 0. The van der Waals surface area contributed by atoms with Gasteiger partial charge in [-0.3, -0.25) is 0 Å². The van der Waals surface area contributed by atoms with E-state index in [2.05, 4.69) is 10.1 Å². The number of hydrogen-bond donors (Lipinski definition) is 1. The van der Waals surface area contributed by atoms with Crippen LogP contribution in [0.2, 0.25) is 0 Å². The molecule has 19 heavy (non-hydrogen) atoms. The molecule has 3 rings (SSSR count). The van der Waals surface area contributed by atoms with Gasteiger partial charge in [0.25, 0.3) is 0 Å². The van der Waals surface area contributed by atoms with E-state index in [9.17, 15) is 0 Å².